The number of H-pyrrole nitrogens is 1. The summed E-state index contributed by atoms with van der Waals surface area (Å²) in [6.45, 7) is 0. The molecule has 2 aromatic rings. The molecule has 0 saturated carbocycles. The third-order valence-electron chi connectivity index (χ3n) is 3.08. The van der Waals surface area contributed by atoms with Crippen LogP contribution in [0.2, 0.25) is 5.02 Å². The number of nitrogens with one attached hydrogen (secondary N) is 1. The number of aromatic amines is 1. The van der Waals surface area contributed by atoms with Gasteiger partial charge in [0.15, 0.2) is 9.84 Å². The van der Waals surface area contributed by atoms with Gasteiger partial charge in [-0.25, -0.2) is 13.4 Å². The number of rotatable bonds is 1. The Labute approximate surface area is 104 Å². The summed E-state index contributed by atoms with van der Waals surface area (Å²) in [5.41, 5.74) is 1.69. The van der Waals surface area contributed by atoms with Crippen LogP contribution in [-0.2, 0) is 9.84 Å². The first-order valence-electron chi connectivity index (χ1n) is 5.39. The highest BCUT2D eigenvalue weighted by atomic mass is 35.5. The average Bonchev–Trinajstić information content (AvgIpc) is 2.80. The van der Waals surface area contributed by atoms with E-state index in [2.05, 4.69) is 9.97 Å². The van der Waals surface area contributed by atoms with Crippen LogP contribution >= 0.6 is 11.6 Å². The summed E-state index contributed by atoms with van der Waals surface area (Å²) in [4.78, 5) is 7.58. The fourth-order valence-corrected chi connectivity index (χ4v) is 4.13. The second-order valence-electron chi connectivity index (χ2n) is 4.38. The zero-order valence-electron chi connectivity index (χ0n) is 8.98. The summed E-state index contributed by atoms with van der Waals surface area (Å²) in [5.74, 6) is 1.20. The number of hydrogen-bond acceptors (Lipinski definition) is 3. The Hall–Kier alpha value is -1.07. The maximum atomic E-state index is 11.4. The van der Waals surface area contributed by atoms with E-state index in [9.17, 15) is 8.42 Å². The summed E-state index contributed by atoms with van der Waals surface area (Å²) in [6, 6.07) is 5.41. The van der Waals surface area contributed by atoms with Crippen LogP contribution in [0.5, 0.6) is 0 Å². The number of benzene rings is 1. The molecule has 1 N–H and O–H groups in total. The van der Waals surface area contributed by atoms with Crippen molar-refractivity contribution in [1.29, 1.82) is 0 Å². The van der Waals surface area contributed by atoms with Crippen LogP contribution in [0.25, 0.3) is 11.0 Å². The fraction of sp³-hybridized carbons (Fsp3) is 0.364. The second kappa shape index (κ2) is 3.71. The minimum absolute atomic E-state index is 0.00817. The Morgan fingerprint density at radius 3 is 2.94 bits per heavy atom. The molecule has 1 aromatic heterocycles. The van der Waals surface area contributed by atoms with Crippen LogP contribution in [0.1, 0.15) is 18.2 Å². The van der Waals surface area contributed by atoms with E-state index < -0.39 is 9.84 Å². The summed E-state index contributed by atoms with van der Waals surface area (Å²) >= 11 is 5.89. The van der Waals surface area contributed by atoms with Gasteiger partial charge >= 0.3 is 0 Å². The highest BCUT2D eigenvalue weighted by molar-refractivity contribution is 7.91. The van der Waals surface area contributed by atoms with Crippen molar-refractivity contribution >= 4 is 32.5 Å². The first-order valence-corrected chi connectivity index (χ1v) is 7.59. The summed E-state index contributed by atoms with van der Waals surface area (Å²) in [6.07, 6.45) is 0.649. The van der Waals surface area contributed by atoms with Gasteiger partial charge in [-0.15, -0.1) is 0 Å². The maximum Gasteiger partial charge on any atom is 0.151 e. The van der Waals surface area contributed by atoms with Gasteiger partial charge in [0.05, 0.1) is 22.5 Å². The third kappa shape index (κ3) is 2.05. The lowest BCUT2D eigenvalue weighted by molar-refractivity contribution is 0.601. The first kappa shape index (κ1) is 11.0. The second-order valence-corrected chi connectivity index (χ2v) is 7.05. The molecular formula is C11H11ClN2O2S. The Morgan fingerprint density at radius 1 is 1.41 bits per heavy atom. The van der Waals surface area contributed by atoms with E-state index in [4.69, 9.17) is 11.6 Å². The summed E-state index contributed by atoms with van der Waals surface area (Å²) in [7, 11) is -2.88. The van der Waals surface area contributed by atoms with Crippen LogP contribution in [0.4, 0.5) is 0 Å². The van der Waals surface area contributed by atoms with Crippen LogP contribution in [-0.4, -0.2) is 29.9 Å². The molecule has 6 heteroatoms. The van der Waals surface area contributed by atoms with Gasteiger partial charge in [-0.05, 0) is 24.6 Å². The van der Waals surface area contributed by atoms with Crippen molar-refractivity contribution < 1.29 is 8.42 Å². The van der Waals surface area contributed by atoms with Gasteiger partial charge < -0.3 is 4.98 Å². The number of halogens is 1. The number of imidazole rings is 1. The van der Waals surface area contributed by atoms with Gasteiger partial charge in [0, 0.05) is 10.9 Å². The molecule has 3 rings (SSSR count). The fourth-order valence-electron chi connectivity index (χ4n) is 2.21. The molecule has 17 heavy (non-hydrogen) atoms. The van der Waals surface area contributed by atoms with Crippen molar-refractivity contribution in [2.45, 2.75) is 12.3 Å². The lowest BCUT2D eigenvalue weighted by Crippen LogP contribution is -2.04. The van der Waals surface area contributed by atoms with Gasteiger partial charge in [0.1, 0.15) is 5.82 Å². The van der Waals surface area contributed by atoms with E-state index in [1.54, 1.807) is 12.1 Å². The largest absolute Gasteiger partial charge is 0.342 e. The Bertz CT molecular complexity index is 678. The molecule has 1 aliphatic heterocycles. The summed E-state index contributed by atoms with van der Waals surface area (Å²) in [5, 5.41) is 0.645. The molecule has 0 spiro atoms. The van der Waals surface area contributed by atoms with Crippen LogP contribution in [0, 0.1) is 0 Å². The van der Waals surface area contributed by atoms with E-state index in [0.29, 0.717) is 11.4 Å². The molecule has 1 aromatic carbocycles. The highest BCUT2D eigenvalue weighted by Gasteiger charge is 2.30. The highest BCUT2D eigenvalue weighted by Crippen LogP contribution is 2.28. The van der Waals surface area contributed by atoms with E-state index in [0.717, 1.165) is 16.9 Å². The van der Waals surface area contributed by atoms with Crippen LogP contribution in [0.3, 0.4) is 0 Å². The van der Waals surface area contributed by atoms with Crippen LogP contribution in [0.15, 0.2) is 18.2 Å². The van der Waals surface area contributed by atoms with Gasteiger partial charge in [-0.1, -0.05) is 11.6 Å². The SMILES string of the molecule is O=S1(=O)CCC(c2nc3ccc(Cl)cc3[nH]2)C1. The molecule has 0 amide bonds. The zero-order chi connectivity index (χ0) is 12.0. The van der Waals surface area contributed by atoms with Gasteiger partial charge in [0.25, 0.3) is 0 Å². The topological polar surface area (TPSA) is 62.8 Å². The van der Waals surface area contributed by atoms with Crippen molar-refractivity contribution in [2.24, 2.45) is 0 Å². The third-order valence-corrected chi connectivity index (χ3v) is 5.08. The summed E-state index contributed by atoms with van der Waals surface area (Å²) < 4.78 is 22.8. The molecule has 1 atom stereocenters. The lowest BCUT2D eigenvalue weighted by atomic mass is 10.1. The van der Waals surface area contributed by atoms with Crippen molar-refractivity contribution in [3.8, 4) is 0 Å². The smallest absolute Gasteiger partial charge is 0.151 e. The standard InChI is InChI=1S/C11H11ClN2O2S/c12-8-1-2-9-10(5-8)14-11(13-9)7-3-4-17(15,16)6-7/h1-2,5,7H,3-4,6H2,(H,13,14). The lowest BCUT2D eigenvalue weighted by Gasteiger charge is -2.01. The van der Waals surface area contributed by atoms with E-state index in [1.807, 2.05) is 6.07 Å². The maximum absolute atomic E-state index is 11.4. The van der Waals surface area contributed by atoms with Gasteiger partial charge in [-0.3, -0.25) is 0 Å². The monoisotopic (exact) mass is 270 g/mol. The minimum Gasteiger partial charge on any atom is -0.342 e. The number of hydrogen-bond donors (Lipinski definition) is 1. The molecule has 90 valence electrons. The normalized spacial score (nSPS) is 23.2. The molecular weight excluding hydrogens is 260 g/mol. The molecule has 0 bridgehead atoms. The van der Waals surface area contributed by atoms with Gasteiger partial charge in [0.2, 0.25) is 0 Å². The molecule has 1 saturated heterocycles. The minimum atomic E-state index is -2.88. The predicted molar refractivity (Wildman–Crippen MR) is 67.1 cm³/mol. The van der Waals surface area contributed by atoms with Crippen molar-refractivity contribution in [2.75, 3.05) is 11.5 Å². The molecule has 0 aliphatic carbocycles. The van der Waals surface area contributed by atoms with Crippen LogP contribution < -0.4 is 0 Å². The van der Waals surface area contributed by atoms with E-state index in [-0.39, 0.29) is 17.4 Å². The first-order chi connectivity index (χ1) is 8.03. The van der Waals surface area contributed by atoms with Crippen molar-refractivity contribution in [3.05, 3.63) is 29.0 Å². The quantitative estimate of drug-likeness (QED) is 0.863. The predicted octanol–water partition coefficient (Wildman–Crippen LogP) is 2.12. The van der Waals surface area contributed by atoms with Crippen molar-refractivity contribution in [3.63, 3.8) is 0 Å². The van der Waals surface area contributed by atoms with E-state index in [1.165, 1.54) is 0 Å². The number of fused-ring (bicyclic) bond motifs is 1. The van der Waals surface area contributed by atoms with Crippen molar-refractivity contribution in [1.82, 2.24) is 9.97 Å². The molecule has 4 nitrogen and oxygen atoms in total. The molecule has 1 unspecified atom stereocenters. The Balaban J connectivity index is 2.02. The molecule has 0 radical (unpaired) electrons. The zero-order valence-corrected chi connectivity index (χ0v) is 10.6. The van der Waals surface area contributed by atoms with E-state index >= 15 is 0 Å². The Kier molecular flexibility index (Phi) is 2.41. The number of sulfone groups is 1. The molecule has 1 fully saturated rings. The van der Waals surface area contributed by atoms with Gasteiger partial charge in [-0.2, -0.15) is 0 Å². The Morgan fingerprint density at radius 2 is 2.24 bits per heavy atom. The molecule has 2 heterocycles. The average molecular weight is 271 g/mol. The number of aromatic nitrogens is 2. The molecule has 1 aliphatic rings. The number of nitrogens with zero attached hydrogens (tertiary/aromatic N) is 1.